The largest absolute Gasteiger partial charge is 0.436 e. The van der Waals surface area contributed by atoms with E-state index in [2.05, 4.69) is 42.3 Å². The van der Waals surface area contributed by atoms with Gasteiger partial charge in [-0.05, 0) is 42.0 Å². The van der Waals surface area contributed by atoms with Crippen LogP contribution in [0, 0.1) is 0 Å². The third-order valence-electron chi connectivity index (χ3n) is 6.85. The van der Waals surface area contributed by atoms with Gasteiger partial charge in [-0.1, -0.05) is 30.3 Å². The summed E-state index contributed by atoms with van der Waals surface area (Å²) in [7, 11) is 0. The van der Waals surface area contributed by atoms with Crippen LogP contribution in [-0.4, -0.2) is 67.7 Å². The highest BCUT2D eigenvalue weighted by atomic mass is 16.3. The standard InChI is InChI=1S/C30H27N7O3/c1-20(38)34-23-8-9-26-24(19-23)35-29(40-26)22-10-13-31-25(18-22)30(39)37-16-14-36(15-17-37)27(21-6-3-2-4-7-21)28-32-11-5-12-33-28/h2-13,18-19,27H,14-17H2,1H3,(H,34,38). The number of amides is 2. The zero-order valence-electron chi connectivity index (χ0n) is 21.9. The second-order valence-electron chi connectivity index (χ2n) is 9.56. The first kappa shape index (κ1) is 25.3. The first-order chi connectivity index (χ1) is 19.5. The predicted octanol–water partition coefficient (Wildman–Crippen LogP) is 4.19. The highest BCUT2D eigenvalue weighted by Crippen LogP contribution is 2.29. The molecule has 0 radical (unpaired) electrons. The van der Waals surface area contributed by atoms with Crippen molar-refractivity contribution in [3.63, 3.8) is 0 Å². The molecule has 2 amide bonds. The zero-order chi connectivity index (χ0) is 27.5. The lowest BCUT2D eigenvalue weighted by Gasteiger charge is -2.38. The number of carbonyl (C=O) groups is 2. The van der Waals surface area contributed by atoms with Gasteiger partial charge >= 0.3 is 0 Å². The SMILES string of the molecule is CC(=O)Nc1ccc2oc(-c3ccnc(C(=O)N4CCN(C(c5ccccc5)c5ncccn5)CC4)c3)nc2c1. The van der Waals surface area contributed by atoms with E-state index in [9.17, 15) is 9.59 Å². The number of rotatable bonds is 6. The molecule has 1 aliphatic heterocycles. The highest BCUT2D eigenvalue weighted by Gasteiger charge is 2.30. The van der Waals surface area contributed by atoms with Gasteiger partial charge in [-0.3, -0.25) is 19.5 Å². The number of oxazole rings is 1. The number of anilines is 1. The Balaban J connectivity index is 1.18. The lowest BCUT2D eigenvalue weighted by Crippen LogP contribution is -2.50. The van der Waals surface area contributed by atoms with Crippen molar-refractivity contribution in [1.29, 1.82) is 0 Å². The number of fused-ring (bicyclic) bond motifs is 1. The van der Waals surface area contributed by atoms with Gasteiger partial charge in [0.05, 0.1) is 6.04 Å². The van der Waals surface area contributed by atoms with Crippen LogP contribution in [0.5, 0.6) is 0 Å². The minimum absolute atomic E-state index is 0.0913. The fraction of sp³-hybridized carbons (Fsp3) is 0.200. The van der Waals surface area contributed by atoms with Crippen molar-refractivity contribution < 1.29 is 14.0 Å². The van der Waals surface area contributed by atoms with Crippen molar-refractivity contribution in [3.8, 4) is 11.5 Å². The quantitative estimate of drug-likeness (QED) is 0.345. The molecule has 200 valence electrons. The maximum absolute atomic E-state index is 13.4. The number of nitrogens with zero attached hydrogens (tertiary/aromatic N) is 6. The Kier molecular flexibility index (Phi) is 6.98. The molecule has 0 bridgehead atoms. The Morgan fingerprint density at radius 3 is 2.40 bits per heavy atom. The van der Waals surface area contributed by atoms with Crippen molar-refractivity contribution in [3.05, 3.63) is 102 Å². The second kappa shape index (κ2) is 11.0. The zero-order valence-corrected chi connectivity index (χ0v) is 21.9. The molecule has 1 unspecified atom stereocenters. The Morgan fingerprint density at radius 2 is 1.65 bits per heavy atom. The fourth-order valence-electron chi connectivity index (χ4n) is 4.97. The van der Waals surface area contributed by atoms with E-state index in [1.807, 2.05) is 29.2 Å². The molecule has 1 fully saturated rings. The highest BCUT2D eigenvalue weighted by molar-refractivity contribution is 5.94. The van der Waals surface area contributed by atoms with E-state index >= 15 is 0 Å². The van der Waals surface area contributed by atoms with E-state index in [-0.39, 0.29) is 17.9 Å². The van der Waals surface area contributed by atoms with Gasteiger partial charge in [-0.25, -0.2) is 15.0 Å². The van der Waals surface area contributed by atoms with Crippen molar-refractivity contribution in [2.45, 2.75) is 13.0 Å². The minimum atomic E-state index is -0.162. The van der Waals surface area contributed by atoms with Crippen LogP contribution in [0.1, 0.15) is 34.8 Å². The summed E-state index contributed by atoms with van der Waals surface area (Å²) >= 11 is 0. The van der Waals surface area contributed by atoms with E-state index < -0.39 is 0 Å². The molecule has 40 heavy (non-hydrogen) atoms. The molecule has 0 spiro atoms. The lowest BCUT2D eigenvalue weighted by atomic mass is 10.0. The monoisotopic (exact) mass is 533 g/mol. The average Bonchev–Trinajstić information content (AvgIpc) is 3.42. The molecule has 1 saturated heterocycles. The van der Waals surface area contributed by atoms with Crippen LogP contribution < -0.4 is 5.32 Å². The molecule has 0 aliphatic carbocycles. The van der Waals surface area contributed by atoms with Crippen LogP contribution in [0.25, 0.3) is 22.6 Å². The van der Waals surface area contributed by atoms with E-state index in [4.69, 9.17) is 4.42 Å². The fourth-order valence-corrected chi connectivity index (χ4v) is 4.97. The normalized spacial score (nSPS) is 14.7. The second-order valence-corrected chi connectivity index (χ2v) is 9.56. The Labute approximate surface area is 230 Å². The van der Waals surface area contributed by atoms with Crippen LogP contribution in [0.3, 0.4) is 0 Å². The average molecular weight is 534 g/mol. The van der Waals surface area contributed by atoms with Crippen LogP contribution >= 0.6 is 0 Å². The van der Waals surface area contributed by atoms with Gasteiger partial charge in [-0.2, -0.15) is 0 Å². The van der Waals surface area contributed by atoms with Crippen molar-refractivity contribution >= 4 is 28.6 Å². The summed E-state index contributed by atoms with van der Waals surface area (Å²) < 4.78 is 5.92. The summed E-state index contributed by atoms with van der Waals surface area (Å²) in [5.74, 6) is 0.818. The summed E-state index contributed by atoms with van der Waals surface area (Å²) in [5, 5.41) is 2.74. The molecule has 10 heteroatoms. The summed E-state index contributed by atoms with van der Waals surface area (Å²) in [5.41, 5.74) is 3.93. The predicted molar refractivity (Wildman–Crippen MR) is 149 cm³/mol. The molecule has 1 aliphatic rings. The molecule has 2 aromatic carbocycles. The maximum atomic E-state index is 13.4. The summed E-state index contributed by atoms with van der Waals surface area (Å²) in [6.45, 7) is 3.90. The third kappa shape index (κ3) is 5.29. The van der Waals surface area contributed by atoms with Crippen molar-refractivity contribution in [1.82, 2.24) is 29.7 Å². The molecule has 6 rings (SSSR count). The number of hydrogen-bond acceptors (Lipinski definition) is 8. The maximum Gasteiger partial charge on any atom is 0.272 e. The lowest BCUT2D eigenvalue weighted by molar-refractivity contribution is -0.114. The van der Waals surface area contributed by atoms with Gasteiger partial charge in [0.25, 0.3) is 5.91 Å². The van der Waals surface area contributed by atoms with Gasteiger partial charge < -0.3 is 14.6 Å². The summed E-state index contributed by atoms with van der Waals surface area (Å²) in [6, 6.07) is 20.6. The number of pyridine rings is 1. The van der Waals surface area contributed by atoms with E-state index in [1.54, 1.807) is 48.9 Å². The van der Waals surface area contributed by atoms with Crippen molar-refractivity contribution in [2.24, 2.45) is 0 Å². The van der Waals surface area contributed by atoms with Crippen LogP contribution in [-0.2, 0) is 4.79 Å². The van der Waals surface area contributed by atoms with Gasteiger partial charge in [0.15, 0.2) is 5.58 Å². The van der Waals surface area contributed by atoms with Crippen LogP contribution in [0.15, 0.2) is 89.7 Å². The first-order valence-electron chi connectivity index (χ1n) is 13.0. The van der Waals surface area contributed by atoms with E-state index in [0.29, 0.717) is 60.1 Å². The minimum Gasteiger partial charge on any atom is -0.436 e. The van der Waals surface area contributed by atoms with Gasteiger partial charge in [0, 0.05) is 62.9 Å². The number of benzene rings is 2. The number of aromatic nitrogens is 4. The number of piperazine rings is 1. The van der Waals surface area contributed by atoms with E-state index in [1.165, 1.54) is 6.92 Å². The van der Waals surface area contributed by atoms with Gasteiger partial charge in [0.2, 0.25) is 11.8 Å². The van der Waals surface area contributed by atoms with Gasteiger partial charge in [-0.15, -0.1) is 0 Å². The molecule has 1 N–H and O–H groups in total. The third-order valence-corrected chi connectivity index (χ3v) is 6.85. The molecular formula is C30H27N7O3. The molecule has 10 nitrogen and oxygen atoms in total. The van der Waals surface area contributed by atoms with E-state index in [0.717, 1.165) is 11.4 Å². The summed E-state index contributed by atoms with van der Waals surface area (Å²) in [6.07, 6.45) is 5.11. The molecule has 5 aromatic rings. The molecule has 3 aromatic heterocycles. The molecular weight excluding hydrogens is 506 g/mol. The molecule has 0 saturated carbocycles. The van der Waals surface area contributed by atoms with Crippen LogP contribution in [0.4, 0.5) is 5.69 Å². The summed E-state index contributed by atoms with van der Waals surface area (Å²) in [4.78, 5) is 46.9. The van der Waals surface area contributed by atoms with Crippen LogP contribution in [0.2, 0.25) is 0 Å². The smallest absolute Gasteiger partial charge is 0.272 e. The first-order valence-corrected chi connectivity index (χ1v) is 13.0. The number of hydrogen-bond donors (Lipinski definition) is 1. The van der Waals surface area contributed by atoms with Crippen molar-refractivity contribution in [2.75, 3.05) is 31.5 Å². The Morgan fingerprint density at radius 1 is 0.875 bits per heavy atom. The molecule has 4 heterocycles. The Hall–Kier alpha value is -4.96. The van der Waals surface area contributed by atoms with Gasteiger partial charge in [0.1, 0.15) is 17.0 Å². The number of nitrogens with one attached hydrogen (secondary N) is 1. The topological polar surface area (TPSA) is 117 Å². The Bertz CT molecular complexity index is 1610. The number of carbonyl (C=O) groups excluding carboxylic acids is 2. The molecule has 1 atom stereocenters.